The van der Waals surface area contributed by atoms with Gasteiger partial charge in [0.15, 0.2) is 9.84 Å². The number of nitrogen functional groups attached to an aromatic ring is 1. The van der Waals surface area contributed by atoms with Crippen LogP contribution in [0.1, 0.15) is 12.0 Å². The van der Waals surface area contributed by atoms with Crippen LogP contribution in [0.5, 0.6) is 0 Å². The molecule has 0 fully saturated rings. The molecule has 0 spiro atoms. The minimum atomic E-state index is -3.20. The van der Waals surface area contributed by atoms with Crippen LogP contribution in [0.3, 0.4) is 0 Å². The quantitative estimate of drug-likeness (QED) is 0.853. The Morgan fingerprint density at radius 2 is 1.53 bits per heavy atom. The first-order valence-corrected chi connectivity index (χ1v) is 7.85. The van der Waals surface area contributed by atoms with Crippen molar-refractivity contribution < 1.29 is 8.42 Å². The molecule has 0 unspecified atom stereocenters. The highest BCUT2D eigenvalue weighted by Crippen LogP contribution is 2.15. The van der Waals surface area contributed by atoms with Gasteiger partial charge in [0.2, 0.25) is 0 Å². The van der Waals surface area contributed by atoms with E-state index in [4.69, 9.17) is 5.73 Å². The van der Waals surface area contributed by atoms with Crippen LogP contribution in [0.4, 0.5) is 5.69 Å². The molecule has 0 heterocycles. The van der Waals surface area contributed by atoms with Crippen LogP contribution in [0, 0.1) is 0 Å². The number of hydrogen-bond donors (Lipinski definition) is 1. The molecule has 4 heteroatoms. The third kappa shape index (κ3) is 3.83. The molecule has 0 amide bonds. The Morgan fingerprint density at radius 3 is 2.16 bits per heavy atom. The first-order valence-electron chi connectivity index (χ1n) is 6.20. The van der Waals surface area contributed by atoms with E-state index in [2.05, 4.69) is 0 Å². The molecule has 19 heavy (non-hydrogen) atoms. The van der Waals surface area contributed by atoms with Crippen LogP contribution in [0.25, 0.3) is 0 Å². The van der Waals surface area contributed by atoms with Crippen LogP contribution in [0.2, 0.25) is 0 Å². The van der Waals surface area contributed by atoms with Gasteiger partial charge >= 0.3 is 0 Å². The van der Waals surface area contributed by atoms with Gasteiger partial charge in [0.1, 0.15) is 0 Å². The van der Waals surface area contributed by atoms with Crippen molar-refractivity contribution in [3.05, 3.63) is 60.2 Å². The first kappa shape index (κ1) is 13.6. The number of nitrogens with two attached hydrogens (primary N) is 1. The smallest absolute Gasteiger partial charge is 0.178 e. The number of rotatable bonds is 5. The second kappa shape index (κ2) is 5.89. The highest BCUT2D eigenvalue weighted by molar-refractivity contribution is 7.91. The molecule has 2 aromatic rings. The monoisotopic (exact) mass is 275 g/mol. The highest BCUT2D eigenvalue weighted by atomic mass is 32.2. The van der Waals surface area contributed by atoms with E-state index in [-0.39, 0.29) is 5.75 Å². The maximum absolute atomic E-state index is 12.1. The molecule has 0 aliphatic carbocycles. The lowest BCUT2D eigenvalue weighted by atomic mass is 10.1. The van der Waals surface area contributed by atoms with Crippen molar-refractivity contribution in [2.24, 2.45) is 0 Å². The van der Waals surface area contributed by atoms with Crippen molar-refractivity contribution in [2.45, 2.75) is 17.7 Å². The van der Waals surface area contributed by atoms with Crippen molar-refractivity contribution >= 4 is 15.5 Å². The summed E-state index contributed by atoms with van der Waals surface area (Å²) in [5.41, 5.74) is 7.29. The molecule has 2 aromatic carbocycles. The lowest BCUT2D eigenvalue weighted by Gasteiger charge is -2.05. The first-order chi connectivity index (χ1) is 9.08. The summed E-state index contributed by atoms with van der Waals surface area (Å²) in [5, 5.41) is 0. The molecule has 2 N–H and O–H groups in total. The number of sulfone groups is 1. The number of hydrogen-bond acceptors (Lipinski definition) is 3. The molecular formula is C15H17NO2S. The fourth-order valence-electron chi connectivity index (χ4n) is 1.90. The Balaban J connectivity index is 1.97. The van der Waals surface area contributed by atoms with Crippen molar-refractivity contribution in [3.63, 3.8) is 0 Å². The second-order valence-electron chi connectivity index (χ2n) is 4.48. The summed E-state index contributed by atoms with van der Waals surface area (Å²) >= 11 is 0. The SMILES string of the molecule is Nc1ccc(S(=O)(=O)CCCc2ccccc2)cc1. The Kier molecular flexibility index (Phi) is 4.22. The predicted octanol–water partition coefficient (Wildman–Crippen LogP) is 2.68. The van der Waals surface area contributed by atoms with Gasteiger partial charge in [-0.25, -0.2) is 8.42 Å². The molecule has 0 aliphatic heterocycles. The van der Waals surface area contributed by atoms with Gasteiger partial charge in [-0.2, -0.15) is 0 Å². The van der Waals surface area contributed by atoms with E-state index in [9.17, 15) is 8.42 Å². The summed E-state index contributed by atoms with van der Waals surface area (Å²) in [6, 6.07) is 16.3. The van der Waals surface area contributed by atoms with E-state index >= 15 is 0 Å². The lowest BCUT2D eigenvalue weighted by Crippen LogP contribution is -2.07. The summed E-state index contributed by atoms with van der Waals surface area (Å²) in [6.07, 6.45) is 1.39. The Hall–Kier alpha value is -1.81. The Morgan fingerprint density at radius 1 is 0.895 bits per heavy atom. The molecule has 0 saturated carbocycles. The topological polar surface area (TPSA) is 60.2 Å². The van der Waals surface area contributed by atoms with Gasteiger partial charge in [0.05, 0.1) is 10.6 Å². The molecule has 2 rings (SSSR count). The predicted molar refractivity (Wildman–Crippen MR) is 77.7 cm³/mol. The zero-order chi connectivity index (χ0) is 13.7. The Labute approximate surface area is 114 Å². The van der Waals surface area contributed by atoms with Gasteiger partial charge in [0, 0.05) is 5.69 Å². The lowest BCUT2D eigenvalue weighted by molar-refractivity contribution is 0.593. The zero-order valence-electron chi connectivity index (χ0n) is 10.6. The molecule has 0 aliphatic rings. The summed E-state index contributed by atoms with van der Waals surface area (Å²) in [5.74, 6) is 0.159. The molecular weight excluding hydrogens is 258 g/mol. The average Bonchev–Trinajstić information content (AvgIpc) is 2.40. The van der Waals surface area contributed by atoms with Crippen molar-refractivity contribution in [2.75, 3.05) is 11.5 Å². The Bertz CT molecular complexity index is 619. The number of benzene rings is 2. The summed E-state index contributed by atoms with van der Waals surface area (Å²) in [6.45, 7) is 0. The zero-order valence-corrected chi connectivity index (χ0v) is 11.4. The van der Waals surface area contributed by atoms with E-state index in [1.165, 1.54) is 0 Å². The van der Waals surface area contributed by atoms with Gasteiger partial charge in [-0.3, -0.25) is 0 Å². The molecule has 0 aromatic heterocycles. The van der Waals surface area contributed by atoms with Crippen LogP contribution in [-0.4, -0.2) is 14.2 Å². The normalized spacial score (nSPS) is 11.4. The molecule has 0 radical (unpaired) electrons. The van der Waals surface area contributed by atoms with Crippen molar-refractivity contribution in [1.82, 2.24) is 0 Å². The minimum absolute atomic E-state index is 0.159. The maximum Gasteiger partial charge on any atom is 0.178 e. The van der Waals surface area contributed by atoms with Crippen molar-refractivity contribution in [1.29, 1.82) is 0 Å². The molecule has 3 nitrogen and oxygen atoms in total. The number of anilines is 1. The summed E-state index contributed by atoms with van der Waals surface area (Å²) in [4.78, 5) is 0.342. The number of aryl methyl sites for hydroxylation is 1. The van der Waals surface area contributed by atoms with Gasteiger partial charge in [-0.05, 0) is 42.7 Å². The fraction of sp³-hybridized carbons (Fsp3) is 0.200. The maximum atomic E-state index is 12.1. The largest absolute Gasteiger partial charge is 0.399 e. The van der Waals surface area contributed by atoms with E-state index < -0.39 is 9.84 Å². The van der Waals surface area contributed by atoms with Crippen molar-refractivity contribution in [3.8, 4) is 0 Å². The standard InChI is InChI=1S/C15H17NO2S/c16-14-8-10-15(11-9-14)19(17,18)12-4-7-13-5-2-1-3-6-13/h1-3,5-6,8-11H,4,7,12,16H2. The third-order valence-electron chi connectivity index (χ3n) is 2.96. The van der Waals surface area contributed by atoms with E-state index in [0.717, 1.165) is 12.0 Å². The van der Waals surface area contributed by atoms with Gasteiger partial charge in [-0.15, -0.1) is 0 Å². The minimum Gasteiger partial charge on any atom is -0.399 e. The van der Waals surface area contributed by atoms with Crippen LogP contribution < -0.4 is 5.73 Å². The third-order valence-corrected chi connectivity index (χ3v) is 4.78. The molecule has 0 bridgehead atoms. The second-order valence-corrected chi connectivity index (χ2v) is 6.59. The van der Waals surface area contributed by atoms with Gasteiger partial charge in [-0.1, -0.05) is 30.3 Å². The molecule has 0 saturated heterocycles. The molecule has 100 valence electrons. The van der Waals surface area contributed by atoms with E-state index in [0.29, 0.717) is 17.0 Å². The van der Waals surface area contributed by atoms with Gasteiger partial charge < -0.3 is 5.73 Å². The fourth-order valence-corrected chi connectivity index (χ4v) is 3.21. The summed E-state index contributed by atoms with van der Waals surface area (Å²) < 4.78 is 24.2. The highest BCUT2D eigenvalue weighted by Gasteiger charge is 2.13. The van der Waals surface area contributed by atoms with Crippen LogP contribution in [0.15, 0.2) is 59.5 Å². The van der Waals surface area contributed by atoms with Crippen LogP contribution in [-0.2, 0) is 16.3 Å². The molecule has 0 atom stereocenters. The van der Waals surface area contributed by atoms with E-state index in [1.807, 2.05) is 30.3 Å². The van der Waals surface area contributed by atoms with Gasteiger partial charge in [0.25, 0.3) is 0 Å². The summed E-state index contributed by atoms with van der Waals surface area (Å²) in [7, 11) is -3.20. The average molecular weight is 275 g/mol. The van der Waals surface area contributed by atoms with Crippen LogP contribution >= 0.6 is 0 Å². The van der Waals surface area contributed by atoms with E-state index in [1.54, 1.807) is 24.3 Å².